The van der Waals surface area contributed by atoms with Crippen LogP contribution < -0.4 is 0 Å². The molecule has 18 heavy (non-hydrogen) atoms. The van der Waals surface area contributed by atoms with Gasteiger partial charge in [0.1, 0.15) is 11.7 Å². The quantitative estimate of drug-likeness (QED) is 0.761. The van der Waals surface area contributed by atoms with E-state index in [1.807, 2.05) is 18.2 Å². The molecule has 0 aromatic heterocycles. The number of ketones is 1. The first-order valence-electron chi connectivity index (χ1n) is 6.60. The molecule has 0 amide bonds. The molecule has 3 aliphatic rings. The van der Waals surface area contributed by atoms with Crippen molar-refractivity contribution in [2.75, 3.05) is 0 Å². The number of fused-ring (bicyclic) bond motifs is 1. The zero-order valence-corrected chi connectivity index (χ0v) is 10.4. The van der Waals surface area contributed by atoms with Crippen molar-refractivity contribution in [2.45, 2.75) is 44.2 Å². The molecule has 1 aliphatic carbocycles. The number of ether oxygens (including phenoxy) is 2. The van der Waals surface area contributed by atoms with Crippen LogP contribution in [0.4, 0.5) is 0 Å². The first kappa shape index (κ1) is 10.7. The number of carbonyl (C=O) groups is 1. The fourth-order valence-electron chi connectivity index (χ4n) is 4.00. The lowest BCUT2D eigenvalue weighted by molar-refractivity contribution is -0.149. The van der Waals surface area contributed by atoms with Crippen LogP contribution in [0.3, 0.4) is 0 Å². The van der Waals surface area contributed by atoms with Crippen molar-refractivity contribution in [1.82, 2.24) is 0 Å². The van der Waals surface area contributed by atoms with Crippen LogP contribution in [0.2, 0.25) is 0 Å². The minimum absolute atomic E-state index is 0.0890. The highest BCUT2D eigenvalue weighted by Gasteiger charge is 2.73. The standard InChI is InChI=1S/C15H16O3/c1-14-8-5-9-15(14)12(10-6-3-2-4-7-10)17-13(18-15)11(14)16/h2-4,6-7,12-13H,5,8-9H2,1H3/t12-,13+,14-,15+/m1/s1. The van der Waals surface area contributed by atoms with Crippen LogP contribution in [0.15, 0.2) is 30.3 Å². The van der Waals surface area contributed by atoms with Gasteiger partial charge in [0.25, 0.3) is 0 Å². The topological polar surface area (TPSA) is 35.5 Å². The minimum atomic E-state index is -0.638. The maximum Gasteiger partial charge on any atom is 0.219 e. The van der Waals surface area contributed by atoms with Crippen LogP contribution >= 0.6 is 0 Å². The highest BCUT2D eigenvalue weighted by molar-refractivity contribution is 5.92. The van der Waals surface area contributed by atoms with Crippen molar-refractivity contribution in [3.05, 3.63) is 35.9 Å². The lowest BCUT2D eigenvalue weighted by atomic mass is 9.69. The lowest BCUT2D eigenvalue weighted by Gasteiger charge is -2.39. The third-order valence-electron chi connectivity index (χ3n) is 5.02. The summed E-state index contributed by atoms with van der Waals surface area (Å²) in [5, 5.41) is 0. The van der Waals surface area contributed by atoms with Gasteiger partial charge >= 0.3 is 0 Å². The molecule has 2 bridgehead atoms. The van der Waals surface area contributed by atoms with Gasteiger partial charge in [0, 0.05) is 0 Å². The summed E-state index contributed by atoms with van der Waals surface area (Å²) in [6.45, 7) is 2.06. The third-order valence-corrected chi connectivity index (χ3v) is 5.02. The Morgan fingerprint density at radius 2 is 2.00 bits per heavy atom. The fraction of sp³-hybridized carbons (Fsp3) is 0.533. The molecule has 1 aromatic carbocycles. The summed E-state index contributed by atoms with van der Waals surface area (Å²) >= 11 is 0. The van der Waals surface area contributed by atoms with Crippen LogP contribution in [0, 0.1) is 5.41 Å². The molecule has 4 rings (SSSR count). The van der Waals surface area contributed by atoms with Gasteiger partial charge in [-0.3, -0.25) is 4.79 Å². The predicted molar refractivity (Wildman–Crippen MR) is 64.8 cm³/mol. The number of benzene rings is 1. The molecular weight excluding hydrogens is 228 g/mol. The number of carbonyl (C=O) groups excluding carboxylic acids is 1. The first-order valence-corrected chi connectivity index (χ1v) is 6.60. The van der Waals surface area contributed by atoms with E-state index < -0.39 is 11.9 Å². The Morgan fingerprint density at radius 1 is 1.22 bits per heavy atom. The Labute approximate surface area is 106 Å². The van der Waals surface area contributed by atoms with Crippen molar-refractivity contribution in [3.63, 3.8) is 0 Å². The van der Waals surface area contributed by atoms with Gasteiger partial charge in [0.2, 0.25) is 6.29 Å². The molecule has 94 valence electrons. The summed E-state index contributed by atoms with van der Waals surface area (Å²) < 4.78 is 11.9. The molecule has 2 aliphatic heterocycles. The summed E-state index contributed by atoms with van der Waals surface area (Å²) in [7, 11) is 0. The van der Waals surface area contributed by atoms with Crippen LogP contribution in [-0.2, 0) is 14.3 Å². The van der Waals surface area contributed by atoms with Gasteiger partial charge in [-0.15, -0.1) is 0 Å². The van der Waals surface area contributed by atoms with E-state index in [9.17, 15) is 4.79 Å². The number of rotatable bonds is 1. The molecule has 1 saturated carbocycles. The molecule has 2 saturated heterocycles. The maximum absolute atomic E-state index is 12.3. The molecule has 1 aromatic rings. The minimum Gasteiger partial charge on any atom is -0.335 e. The zero-order valence-electron chi connectivity index (χ0n) is 10.4. The summed E-state index contributed by atoms with van der Waals surface area (Å²) in [6, 6.07) is 10.1. The SMILES string of the molecule is C[C@]12CCC[C@@]13O[C@H](O[C@@H]3c1ccccc1)C2=O. The molecule has 1 spiro atoms. The summed E-state index contributed by atoms with van der Waals surface area (Å²) in [5.74, 6) is 0.146. The van der Waals surface area contributed by atoms with Crippen molar-refractivity contribution >= 4 is 5.78 Å². The van der Waals surface area contributed by atoms with E-state index in [0.29, 0.717) is 0 Å². The Morgan fingerprint density at radius 3 is 2.78 bits per heavy atom. The largest absolute Gasteiger partial charge is 0.335 e. The van der Waals surface area contributed by atoms with Crippen molar-refractivity contribution in [2.24, 2.45) is 5.41 Å². The molecular formula is C15H16O3. The summed E-state index contributed by atoms with van der Waals surface area (Å²) in [5.41, 5.74) is 0.354. The van der Waals surface area contributed by atoms with E-state index in [0.717, 1.165) is 24.8 Å². The average Bonchev–Trinajstić information content (AvgIpc) is 2.99. The second kappa shape index (κ2) is 3.22. The molecule has 0 unspecified atom stereocenters. The van der Waals surface area contributed by atoms with Crippen LogP contribution in [0.1, 0.15) is 37.9 Å². The van der Waals surface area contributed by atoms with Gasteiger partial charge in [0.15, 0.2) is 5.78 Å². The van der Waals surface area contributed by atoms with Crippen molar-refractivity contribution in [3.8, 4) is 0 Å². The fourth-order valence-corrected chi connectivity index (χ4v) is 4.00. The highest BCUT2D eigenvalue weighted by Crippen LogP contribution is 2.65. The molecule has 3 fully saturated rings. The van der Waals surface area contributed by atoms with Crippen LogP contribution in [0.25, 0.3) is 0 Å². The number of Topliss-reactive ketones (excluding diaryl/α,β-unsaturated/α-hetero) is 1. The number of hydrogen-bond acceptors (Lipinski definition) is 3. The predicted octanol–water partition coefficient (Wildman–Crippen LogP) is 2.61. The lowest BCUT2D eigenvalue weighted by Crippen LogP contribution is -2.49. The Bertz CT molecular complexity index is 512. The smallest absolute Gasteiger partial charge is 0.219 e. The van der Waals surface area contributed by atoms with E-state index >= 15 is 0 Å². The molecule has 0 radical (unpaired) electrons. The molecule has 2 heterocycles. The van der Waals surface area contributed by atoms with Gasteiger partial charge in [0.05, 0.1) is 5.41 Å². The van der Waals surface area contributed by atoms with E-state index in [1.165, 1.54) is 0 Å². The molecule has 4 atom stereocenters. The van der Waals surface area contributed by atoms with Crippen LogP contribution in [0.5, 0.6) is 0 Å². The van der Waals surface area contributed by atoms with Gasteiger partial charge in [-0.05, 0) is 31.7 Å². The summed E-state index contributed by atoms with van der Waals surface area (Å²) in [6.07, 6.45) is 2.16. The van der Waals surface area contributed by atoms with Gasteiger partial charge in [-0.1, -0.05) is 30.3 Å². The summed E-state index contributed by atoms with van der Waals surface area (Å²) in [4.78, 5) is 12.3. The Kier molecular flexibility index (Phi) is 1.92. The van der Waals surface area contributed by atoms with E-state index in [2.05, 4.69) is 19.1 Å². The second-order valence-corrected chi connectivity index (χ2v) is 5.82. The number of hydrogen-bond donors (Lipinski definition) is 0. The molecule has 3 nitrogen and oxygen atoms in total. The van der Waals surface area contributed by atoms with Gasteiger partial charge < -0.3 is 9.47 Å². The monoisotopic (exact) mass is 244 g/mol. The normalized spacial score (nSPS) is 45.5. The third kappa shape index (κ3) is 1.01. The Balaban J connectivity index is 1.84. The van der Waals surface area contributed by atoms with Gasteiger partial charge in [-0.25, -0.2) is 0 Å². The van der Waals surface area contributed by atoms with E-state index in [4.69, 9.17) is 9.47 Å². The highest BCUT2D eigenvalue weighted by atomic mass is 16.8. The van der Waals surface area contributed by atoms with Crippen molar-refractivity contribution in [1.29, 1.82) is 0 Å². The van der Waals surface area contributed by atoms with Gasteiger partial charge in [-0.2, -0.15) is 0 Å². The first-order chi connectivity index (χ1) is 8.67. The molecule has 3 heteroatoms. The Hall–Kier alpha value is -1.19. The van der Waals surface area contributed by atoms with E-state index in [1.54, 1.807) is 0 Å². The van der Waals surface area contributed by atoms with Crippen molar-refractivity contribution < 1.29 is 14.3 Å². The van der Waals surface area contributed by atoms with E-state index in [-0.39, 0.29) is 17.3 Å². The molecule has 0 N–H and O–H groups in total. The average molecular weight is 244 g/mol. The van der Waals surface area contributed by atoms with Crippen LogP contribution in [-0.4, -0.2) is 17.7 Å². The maximum atomic E-state index is 12.3. The zero-order chi connectivity index (χ0) is 12.4. The second-order valence-electron chi connectivity index (χ2n) is 5.82.